The second-order valence-corrected chi connectivity index (χ2v) is 3.47. The van der Waals surface area contributed by atoms with Gasteiger partial charge in [-0.2, -0.15) is 5.10 Å². The molecule has 0 spiro atoms. The summed E-state index contributed by atoms with van der Waals surface area (Å²) in [7, 11) is 0. The lowest BCUT2D eigenvalue weighted by molar-refractivity contribution is 0.0950. The predicted molar refractivity (Wildman–Crippen MR) is 65.7 cm³/mol. The minimum absolute atomic E-state index is 0.272. The van der Waals surface area contributed by atoms with Crippen molar-refractivity contribution in [3.63, 3.8) is 0 Å². The third kappa shape index (κ3) is 3.21. The number of halogens is 1. The predicted octanol–water partition coefficient (Wildman–Crippen LogP) is 1.98. The molecular formula is C13H10FN3O. The molecule has 0 unspecified atom stereocenters. The quantitative estimate of drug-likeness (QED) is 0.662. The average Bonchev–Trinajstić information content (AvgIpc) is 2.40. The van der Waals surface area contributed by atoms with Crippen LogP contribution in [0.4, 0.5) is 4.39 Å². The first-order chi connectivity index (χ1) is 8.75. The van der Waals surface area contributed by atoms with Crippen LogP contribution in [0.15, 0.2) is 53.8 Å². The van der Waals surface area contributed by atoms with Crippen LogP contribution >= 0.6 is 0 Å². The average molecular weight is 243 g/mol. The van der Waals surface area contributed by atoms with Crippen molar-refractivity contribution < 1.29 is 9.18 Å². The molecule has 0 aliphatic heterocycles. The van der Waals surface area contributed by atoms with Gasteiger partial charge in [-0.3, -0.25) is 9.78 Å². The Balaban J connectivity index is 1.98. The lowest BCUT2D eigenvalue weighted by atomic mass is 10.2. The van der Waals surface area contributed by atoms with Crippen molar-refractivity contribution in [3.05, 3.63) is 65.7 Å². The highest BCUT2D eigenvalue weighted by atomic mass is 19.1. The fourth-order valence-electron chi connectivity index (χ4n) is 1.31. The van der Waals surface area contributed by atoms with Crippen LogP contribution in [0.25, 0.3) is 0 Å². The summed E-state index contributed by atoms with van der Waals surface area (Å²) in [5, 5.41) is 3.73. The first-order valence-electron chi connectivity index (χ1n) is 5.26. The number of carbonyl (C=O) groups is 1. The number of amides is 1. The Bertz CT molecular complexity index is 569. The van der Waals surface area contributed by atoms with Crippen LogP contribution in [0.1, 0.15) is 16.1 Å². The number of hydrazone groups is 1. The van der Waals surface area contributed by atoms with Crippen LogP contribution in [0.2, 0.25) is 0 Å². The fraction of sp³-hybridized carbons (Fsp3) is 0. The smallest absolute Gasteiger partial charge is 0.266 e. The van der Waals surface area contributed by atoms with Crippen molar-refractivity contribution >= 4 is 12.1 Å². The maximum atomic E-state index is 12.9. The molecule has 0 aliphatic carbocycles. The van der Waals surface area contributed by atoms with Gasteiger partial charge in [-0.25, -0.2) is 9.82 Å². The number of hydrogen-bond acceptors (Lipinski definition) is 3. The van der Waals surface area contributed by atoms with Crippen molar-refractivity contribution in [2.45, 2.75) is 0 Å². The Morgan fingerprint density at radius 3 is 2.89 bits per heavy atom. The molecule has 0 radical (unpaired) electrons. The molecule has 2 aromatic rings. The Labute approximate surface area is 103 Å². The Kier molecular flexibility index (Phi) is 3.76. The monoisotopic (exact) mass is 243 g/mol. The van der Waals surface area contributed by atoms with Gasteiger partial charge in [0.1, 0.15) is 11.5 Å². The van der Waals surface area contributed by atoms with Gasteiger partial charge in [0.15, 0.2) is 0 Å². The third-order valence-corrected chi connectivity index (χ3v) is 2.13. The number of carbonyl (C=O) groups excluding carboxylic acids is 1. The van der Waals surface area contributed by atoms with E-state index in [-0.39, 0.29) is 11.5 Å². The first kappa shape index (κ1) is 11.9. The van der Waals surface area contributed by atoms with E-state index in [2.05, 4.69) is 15.5 Å². The van der Waals surface area contributed by atoms with E-state index in [1.54, 1.807) is 30.3 Å². The molecule has 18 heavy (non-hydrogen) atoms. The Morgan fingerprint density at radius 1 is 1.28 bits per heavy atom. The van der Waals surface area contributed by atoms with E-state index in [1.807, 2.05) is 0 Å². The normalized spacial score (nSPS) is 10.5. The van der Waals surface area contributed by atoms with Crippen LogP contribution in [-0.4, -0.2) is 17.1 Å². The molecule has 1 heterocycles. The van der Waals surface area contributed by atoms with Gasteiger partial charge < -0.3 is 0 Å². The summed E-state index contributed by atoms with van der Waals surface area (Å²) >= 11 is 0. The molecule has 1 N–H and O–H groups in total. The van der Waals surface area contributed by atoms with Crippen molar-refractivity contribution in [1.29, 1.82) is 0 Å². The van der Waals surface area contributed by atoms with E-state index in [1.165, 1.54) is 24.5 Å². The second kappa shape index (κ2) is 5.67. The second-order valence-electron chi connectivity index (χ2n) is 3.47. The highest BCUT2D eigenvalue weighted by Gasteiger charge is 2.03. The summed E-state index contributed by atoms with van der Waals surface area (Å²) in [4.78, 5) is 15.4. The first-order valence-corrected chi connectivity index (χ1v) is 5.26. The summed E-state index contributed by atoms with van der Waals surface area (Å²) in [5.74, 6) is -0.766. The van der Waals surface area contributed by atoms with E-state index in [0.29, 0.717) is 5.56 Å². The summed E-state index contributed by atoms with van der Waals surface area (Å²) in [6.45, 7) is 0. The third-order valence-electron chi connectivity index (χ3n) is 2.13. The molecule has 5 heteroatoms. The number of hydrogen-bond donors (Lipinski definition) is 1. The summed E-state index contributed by atoms with van der Waals surface area (Å²) in [6.07, 6.45) is 2.88. The van der Waals surface area contributed by atoms with E-state index in [4.69, 9.17) is 0 Å². The van der Waals surface area contributed by atoms with Crippen LogP contribution < -0.4 is 5.43 Å². The maximum absolute atomic E-state index is 12.9. The molecule has 4 nitrogen and oxygen atoms in total. The van der Waals surface area contributed by atoms with Crippen LogP contribution in [0.3, 0.4) is 0 Å². The van der Waals surface area contributed by atoms with Crippen LogP contribution in [-0.2, 0) is 0 Å². The molecule has 1 aromatic carbocycles. The molecule has 0 atom stereocenters. The van der Waals surface area contributed by atoms with E-state index in [0.717, 1.165) is 0 Å². The van der Waals surface area contributed by atoms with Crippen LogP contribution in [0, 0.1) is 5.82 Å². The summed E-state index contributed by atoms with van der Waals surface area (Å²) in [6, 6.07) is 10.9. The largest absolute Gasteiger partial charge is 0.289 e. The number of pyridine rings is 1. The van der Waals surface area contributed by atoms with Gasteiger partial charge in [0.2, 0.25) is 0 Å². The lowest BCUT2D eigenvalue weighted by Gasteiger charge is -1.98. The van der Waals surface area contributed by atoms with Crippen LogP contribution in [0.5, 0.6) is 0 Å². The highest BCUT2D eigenvalue weighted by molar-refractivity contribution is 5.92. The fourth-order valence-corrected chi connectivity index (χ4v) is 1.31. The van der Waals surface area contributed by atoms with Gasteiger partial charge in [-0.15, -0.1) is 0 Å². The maximum Gasteiger partial charge on any atom is 0.289 e. The molecule has 1 amide bonds. The number of rotatable bonds is 3. The van der Waals surface area contributed by atoms with Gasteiger partial charge in [0, 0.05) is 6.20 Å². The van der Waals surface area contributed by atoms with Crippen molar-refractivity contribution in [1.82, 2.24) is 10.4 Å². The minimum atomic E-state index is -0.414. The SMILES string of the molecule is O=C(N/N=C\c1cccc(F)c1)c1ccccn1. The van der Waals surface area contributed by atoms with Gasteiger partial charge in [-0.05, 0) is 29.8 Å². The lowest BCUT2D eigenvalue weighted by Crippen LogP contribution is -2.18. The highest BCUT2D eigenvalue weighted by Crippen LogP contribution is 2.00. The van der Waals surface area contributed by atoms with Crippen molar-refractivity contribution in [3.8, 4) is 0 Å². The Morgan fingerprint density at radius 2 is 2.17 bits per heavy atom. The van der Waals surface area contributed by atoms with Crippen molar-refractivity contribution in [2.24, 2.45) is 5.10 Å². The van der Waals surface area contributed by atoms with Gasteiger partial charge >= 0.3 is 0 Å². The molecule has 0 bridgehead atoms. The van der Waals surface area contributed by atoms with E-state index >= 15 is 0 Å². The number of aromatic nitrogens is 1. The molecule has 0 saturated carbocycles. The zero-order chi connectivity index (χ0) is 12.8. The molecule has 2 rings (SSSR count). The summed E-state index contributed by atoms with van der Waals surface area (Å²) in [5.41, 5.74) is 3.15. The molecule has 90 valence electrons. The number of nitrogens with one attached hydrogen (secondary N) is 1. The molecule has 1 aromatic heterocycles. The van der Waals surface area contributed by atoms with E-state index < -0.39 is 5.91 Å². The zero-order valence-corrected chi connectivity index (χ0v) is 9.38. The molecule has 0 aliphatic rings. The summed E-state index contributed by atoms with van der Waals surface area (Å²) < 4.78 is 12.9. The zero-order valence-electron chi connectivity index (χ0n) is 9.38. The topological polar surface area (TPSA) is 54.4 Å². The minimum Gasteiger partial charge on any atom is -0.266 e. The number of benzene rings is 1. The van der Waals surface area contributed by atoms with Crippen molar-refractivity contribution in [2.75, 3.05) is 0 Å². The van der Waals surface area contributed by atoms with Gasteiger partial charge in [0.05, 0.1) is 6.21 Å². The standard InChI is InChI=1S/C13H10FN3O/c14-11-5-3-4-10(8-11)9-16-17-13(18)12-6-1-2-7-15-12/h1-9H,(H,17,18)/b16-9-. The molecular weight excluding hydrogens is 233 g/mol. The van der Waals surface area contributed by atoms with Gasteiger partial charge in [-0.1, -0.05) is 18.2 Å². The Hall–Kier alpha value is -2.56. The van der Waals surface area contributed by atoms with E-state index in [9.17, 15) is 9.18 Å². The molecule has 0 saturated heterocycles. The number of nitrogens with zero attached hydrogens (tertiary/aromatic N) is 2. The van der Waals surface area contributed by atoms with Gasteiger partial charge in [0.25, 0.3) is 5.91 Å². The molecule has 0 fully saturated rings.